The number of pyridine rings is 1. The van der Waals surface area contributed by atoms with Crippen LogP contribution >= 0.6 is 0 Å². The van der Waals surface area contributed by atoms with E-state index in [1.165, 1.54) is 6.07 Å². The molecular weight excluding hydrogens is 453 g/mol. The molecule has 1 aromatic carbocycles. The van der Waals surface area contributed by atoms with Crippen molar-refractivity contribution in [2.24, 2.45) is 11.8 Å². The van der Waals surface area contributed by atoms with Crippen LogP contribution in [0.5, 0.6) is 0 Å². The van der Waals surface area contributed by atoms with Crippen LogP contribution < -0.4 is 0 Å². The summed E-state index contributed by atoms with van der Waals surface area (Å²) in [5.74, 6) is -0.282. The number of rotatable bonds is 2. The standard InChI is InChI=1S/C27H21F3N4O/c1-15-21-7-6-20-22(17-4-3-5-19(12-17)27(28,29)30)33-25(16-8-10-32-11-9-16)34-24(20)26(21,2)13-18(14-31)23(15)35/h3-5,8-13,15,21H,6-7H2,1-2H3/t15?,21?,26-/m1/s1. The van der Waals surface area contributed by atoms with Crippen LogP contribution in [0.3, 0.4) is 0 Å². The normalized spacial score (nSPS) is 23.7. The third-order valence-electron chi connectivity index (χ3n) is 7.24. The molecule has 0 fully saturated rings. The highest BCUT2D eigenvalue weighted by molar-refractivity contribution is 6.02. The lowest BCUT2D eigenvalue weighted by molar-refractivity contribution is -0.137. The van der Waals surface area contributed by atoms with E-state index in [1.54, 1.807) is 36.7 Å². The number of Topliss-reactive ketones (excluding diaryl/α,β-unsaturated/α-hetero) is 1. The van der Waals surface area contributed by atoms with Gasteiger partial charge >= 0.3 is 6.18 Å². The molecule has 0 saturated heterocycles. The number of fused-ring (bicyclic) bond motifs is 3. The number of carbonyl (C=O) groups excluding carboxylic acids is 1. The van der Waals surface area contributed by atoms with Crippen LogP contribution in [0.15, 0.2) is 60.4 Å². The SMILES string of the molecule is CC1C(=O)C(C#N)=C[C@@]2(C)c3nc(-c4ccncc4)nc(-c4cccc(C(F)(F)F)c4)c3CCC12. The molecule has 0 saturated carbocycles. The minimum atomic E-state index is -4.49. The molecule has 3 aromatic rings. The number of ketones is 1. The quantitative estimate of drug-likeness (QED) is 0.475. The summed E-state index contributed by atoms with van der Waals surface area (Å²) in [6.45, 7) is 3.79. The lowest BCUT2D eigenvalue weighted by Gasteiger charge is -2.45. The second-order valence-corrected chi connectivity index (χ2v) is 9.29. The number of benzene rings is 1. The summed E-state index contributed by atoms with van der Waals surface area (Å²) in [5.41, 5.74) is 1.44. The summed E-state index contributed by atoms with van der Waals surface area (Å²) in [6, 6.07) is 10.6. The third kappa shape index (κ3) is 3.72. The number of nitriles is 1. The number of aromatic nitrogens is 3. The Kier molecular flexibility index (Phi) is 5.32. The Morgan fingerprint density at radius 2 is 1.86 bits per heavy atom. The highest BCUT2D eigenvalue weighted by atomic mass is 19.4. The zero-order valence-corrected chi connectivity index (χ0v) is 19.1. The van der Waals surface area contributed by atoms with E-state index in [1.807, 2.05) is 19.9 Å². The maximum atomic E-state index is 13.5. The Balaban J connectivity index is 1.81. The van der Waals surface area contributed by atoms with Gasteiger partial charge in [-0.25, -0.2) is 9.97 Å². The molecule has 5 nitrogen and oxygen atoms in total. The van der Waals surface area contributed by atoms with Gasteiger partial charge in [-0.3, -0.25) is 9.78 Å². The van der Waals surface area contributed by atoms with Crippen LogP contribution in [0, 0.1) is 23.2 Å². The van der Waals surface area contributed by atoms with Gasteiger partial charge in [-0.15, -0.1) is 0 Å². The number of nitrogens with zero attached hydrogens (tertiary/aromatic N) is 4. The Bertz CT molecular complexity index is 1410. The van der Waals surface area contributed by atoms with Crippen LogP contribution in [0.25, 0.3) is 22.6 Å². The third-order valence-corrected chi connectivity index (χ3v) is 7.24. The highest BCUT2D eigenvalue weighted by Crippen LogP contribution is 2.51. The summed E-state index contributed by atoms with van der Waals surface area (Å²) in [5, 5.41) is 9.62. The Morgan fingerprint density at radius 3 is 2.54 bits per heavy atom. The largest absolute Gasteiger partial charge is 0.416 e. The maximum absolute atomic E-state index is 13.5. The average molecular weight is 474 g/mol. The molecule has 3 atom stereocenters. The first-order valence-corrected chi connectivity index (χ1v) is 11.3. The lowest BCUT2D eigenvalue weighted by atomic mass is 9.57. The maximum Gasteiger partial charge on any atom is 0.416 e. The second kappa shape index (κ2) is 8.12. The molecule has 2 aromatic heterocycles. The summed E-state index contributed by atoms with van der Waals surface area (Å²) in [4.78, 5) is 26.4. The fourth-order valence-corrected chi connectivity index (χ4v) is 5.48. The first-order chi connectivity index (χ1) is 16.6. The molecule has 5 rings (SSSR count). The Hall–Kier alpha value is -3.86. The summed E-state index contributed by atoms with van der Waals surface area (Å²) < 4.78 is 40.5. The molecule has 0 amide bonds. The number of alkyl halides is 3. The molecule has 0 bridgehead atoms. The molecule has 35 heavy (non-hydrogen) atoms. The summed E-state index contributed by atoms with van der Waals surface area (Å²) >= 11 is 0. The highest BCUT2D eigenvalue weighted by Gasteiger charge is 2.49. The first-order valence-electron chi connectivity index (χ1n) is 11.3. The fraction of sp³-hybridized carbons (Fsp3) is 0.296. The Labute approximate surface area is 200 Å². The van der Waals surface area contributed by atoms with Crippen molar-refractivity contribution in [1.29, 1.82) is 5.26 Å². The summed E-state index contributed by atoms with van der Waals surface area (Å²) in [6.07, 6.45) is 1.55. The molecule has 0 radical (unpaired) electrons. The molecule has 0 spiro atoms. The molecule has 8 heteroatoms. The van der Waals surface area contributed by atoms with Crippen molar-refractivity contribution < 1.29 is 18.0 Å². The van der Waals surface area contributed by atoms with Crippen LogP contribution in [-0.2, 0) is 22.8 Å². The van der Waals surface area contributed by atoms with Gasteiger partial charge in [-0.05, 0) is 43.0 Å². The average Bonchev–Trinajstić information content (AvgIpc) is 2.86. The predicted octanol–water partition coefficient (Wildman–Crippen LogP) is 5.71. The van der Waals surface area contributed by atoms with E-state index < -0.39 is 17.2 Å². The van der Waals surface area contributed by atoms with Crippen molar-refractivity contribution in [2.75, 3.05) is 0 Å². The number of hydrogen-bond donors (Lipinski definition) is 0. The van der Waals surface area contributed by atoms with E-state index in [0.717, 1.165) is 17.7 Å². The van der Waals surface area contributed by atoms with Gasteiger partial charge in [0.1, 0.15) is 6.07 Å². The van der Waals surface area contributed by atoms with Crippen LogP contribution in [0.4, 0.5) is 13.2 Å². The Morgan fingerprint density at radius 1 is 1.11 bits per heavy atom. The molecule has 176 valence electrons. The molecule has 2 aliphatic rings. The molecule has 2 aliphatic carbocycles. The van der Waals surface area contributed by atoms with Gasteiger partial charge in [0.2, 0.25) is 0 Å². The number of hydrogen-bond acceptors (Lipinski definition) is 5. The van der Waals surface area contributed by atoms with E-state index in [4.69, 9.17) is 9.97 Å². The molecular formula is C27H21F3N4O. The van der Waals surface area contributed by atoms with Crippen LogP contribution in [0.2, 0.25) is 0 Å². The van der Waals surface area contributed by atoms with E-state index in [0.29, 0.717) is 41.2 Å². The van der Waals surface area contributed by atoms with Crippen LogP contribution in [0.1, 0.15) is 37.1 Å². The predicted molar refractivity (Wildman–Crippen MR) is 123 cm³/mol. The van der Waals surface area contributed by atoms with Crippen molar-refractivity contribution >= 4 is 5.78 Å². The van der Waals surface area contributed by atoms with Crippen molar-refractivity contribution in [1.82, 2.24) is 15.0 Å². The minimum absolute atomic E-state index is 0.0888. The fourth-order valence-electron chi connectivity index (χ4n) is 5.48. The first kappa shape index (κ1) is 22.9. The van der Waals surface area contributed by atoms with E-state index in [2.05, 4.69) is 4.98 Å². The summed E-state index contributed by atoms with van der Waals surface area (Å²) in [7, 11) is 0. The monoisotopic (exact) mass is 474 g/mol. The zero-order valence-electron chi connectivity index (χ0n) is 19.1. The topological polar surface area (TPSA) is 79.5 Å². The molecule has 2 unspecified atom stereocenters. The van der Waals surface area contributed by atoms with Gasteiger partial charge in [0.15, 0.2) is 11.6 Å². The second-order valence-electron chi connectivity index (χ2n) is 9.29. The zero-order chi connectivity index (χ0) is 25.0. The van der Waals surface area contributed by atoms with Crippen molar-refractivity contribution in [3.8, 4) is 28.7 Å². The number of halogens is 3. The molecule has 0 N–H and O–H groups in total. The van der Waals surface area contributed by atoms with Gasteiger partial charge in [-0.1, -0.05) is 32.1 Å². The van der Waals surface area contributed by atoms with Gasteiger partial charge in [0.05, 0.1) is 22.5 Å². The lowest BCUT2D eigenvalue weighted by Crippen LogP contribution is -2.46. The number of allylic oxidation sites excluding steroid dienone is 2. The van der Waals surface area contributed by atoms with Crippen molar-refractivity contribution in [2.45, 2.75) is 38.3 Å². The van der Waals surface area contributed by atoms with E-state index in [9.17, 15) is 23.2 Å². The number of carbonyl (C=O) groups is 1. The van der Waals surface area contributed by atoms with E-state index in [-0.39, 0.29) is 23.2 Å². The van der Waals surface area contributed by atoms with Gasteiger partial charge in [0.25, 0.3) is 0 Å². The van der Waals surface area contributed by atoms with Crippen LogP contribution in [-0.4, -0.2) is 20.7 Å². The smallest absolute Gasteiger partial charge is 0.293 e. The van der Waals surface area contributed by atoms with Crippen molar-refractivity contribution in [3.63, 3.8) is 0 Å². The minimum Gasteiger partial charge on any atom is -0.293 e. The molecule has 0 aliphatic heterocycles. The van der Waals surface area contributed by atoms with Gasteiger partial charge in [0, 0.05) is 40.4 Å². The van der Waals surface area contributed by atoms with E-state index >= 15 is 0 Å². The van der Waals surface area contributed by atoms with Crippen molar-refractivity contribution in [3.05, 3.63) is 77.3 Å². The van der Waals surface area contributed by atoms with Gasteiger partial charge in [-0.2, -0.15) is 18.4 Å². The molecule has 2 heterocycles. The van der Waals surface area contributed by atoms with Gasteiger partial charge < -0.3 is 0 Å².